The Morgan fingerprint density at radius 3 is 2.82 bits per heavy atom. The van der Waals surface area contributed by atoms with Gasteiger partial charge < -0.3 is 10.0 Å². The summed E-state index contributed by atoms with van der Waals surface area (Å²) in [5, 5.41) is 17.1. The molecule has 22 heavy (non-hydrogen) atoms. The summed E-state index contributed by atoms with van der Waals surface area (Å²) < 4.78 is 1.76. The highest BCUT2D eigenvalue weighted by Crippen LogP contribution is 2.31. The summed E-state index contributed by atoms with van der Waals surface area (Å²) in [6, 6.07) is 14.5. The van der Waals surface area contributed by atoms with Crippen LogP contribution in [0.25, 0.3) is 15.7 Å². The molecule has 0 atom stereocenters. The Kier molecular flexibility index (Phi) is 3.25. The van der Waals surface area contributed by atoms with Crippen LogP contribution in [0.15, 0.2) is 54.9 Å². The van der Waals surface area contributed by atoms with E-state index in [0.717, 1.165) is 15.8 Å². The van der Waals surface area contributed by atoms with E-state index in [1.165, 1.54) is 22.1 Å². The maximum atomic E-state index is 9.41. The number of fused-ring (bicyclic) bond motifs is 2. The number of aromatic nitrogens is 3. The average molecular weight is 310 g/mol. The molecule has 0 saturated heterocycles. The molecule has 6 heteroatoms. The summed E-state index contributed by atoms with van der Waals surface area (Å²) in [6.07, 6.45) is 3.56. The Morgan fingerprint density at radius 2 is 2.00 bits per heavy atom. The first-order chi connectivity index (χ1) is 10.8. The van der Waals surface area contributed by atoms with Crippen molar-refractivity contribution < 1.29 is 5.11 Å². The van der Waals surface area contributed by atoms with Crippen LogP contribution in [-0.2, 0) is 0 Å². The van der Waals surface area contributed by atoms with Crippen LogP contribution in [0.5, 0.6) is 0 Å². The van der Waals surface area contributed by atoms with Crippen LogP contribution >= 0.6 is 11.3 Å². The highest BCUT2D eigenvalue weighted by molar-refractivity contribution is 7.20. The quantitative estimate of drug-likeness (QED) is 0.629. The number of rotatable bonds is 4. The maximum absolute atomic E-state index is 9.41. The Morgan fingerprint density at radius 1 is 1.14 bits per heavy atom. The van der Waals surface area contributed by atoms with Crippen LogP contribution in [0.2, 0.25) is 0 Å². The number of aliphatic hydroxyl groups is 1. The minimum Gasteiger partial charge on any atom is -0.395 e. The van der Waals surface area contributed by atoms with Crippen molar-refractivity contribution in [2.45, 2.75) is 0 Å². The van der Waals surface area contributed by atoms with E-state index in [1.807, 2.05) is 23.2 Å². The Balaban J connectivity index is 1.80. The van der Waals surface area contributed by atoms with E-state index >= 15 is 0 Å². The van der Waals surface area contributed by atoms with E-state index in [-0.39, 0.29) is 6.61 Å². The van der Waals surface area contributed by atoms with Crippen LogP contribution in [0.4, 0.5) is 10.8 Å². The number of nitrogens with zero attached hydrogens (tertiary/aromatic N) is 4. The highest BCUT2D eigenvalue weighted by atomic mass is 32.1. The molecule has 4 rings (SSSR count). The van der Waals surface area contributed by atoms with Gasteiger partial charge in [-0.1, -0.05) is 41.7 Å². The van der Waals surface area contributed by atoms with Gasteiger partial charge in [-0.2, -0.15) is 0 Å². The molecule has 0 fully saturated rings. The Hall–Kier alpha value is -2.44. The van der Waals surface area contributed by atoms with Gasteiger partial charge in [-0.05, 0) is 22.9 Å². The number of imidazole rings is 1. The normalized spacial score (nSPS) is 11.3. The standard InChI is InChI=1S/C16H14N4OS/c21-10-9-19(16-18-20-8-7-17-15(20)22-16)14-6-5-12-3-1-2-4-13(12)11-14/h1-8,11,21H,9-10H2. The third kappa shape index (κ3) is 2.22. The molecular weight excluding hydrogens is 296 g/mol. The van der Waals surface area contributed by atoms with Gasteiger partial charge in [-0.3, -0.25) is 0 Å². The molecule has 0 aliphatic carbocycles. The molecule has 0 aliphatic rings. The zero-order chi connectivity index (χ0) is 14.9. The Labute approximate surface area is 131 Å². The van der Waals surface area contributed by atoms with E-state index in [0.29, 0.717) is 6.54 Å². The van der Waals surface area contributed by atoms with Gasteiger partial charge in [0.25, 0.3) is 0 Å². The van der Waals surface area contributed by atoms with Crippen molar-refractivity contribution in [2.75, 3.05) is 18.1 Å². The van der Waals surface area contributed by atoms with Crippen molar-refractivity contribution in [2.24, 2.45) is 0 Å². The summed E-state index contributed by atoms with van der Waals surface area (Å²) in [7, 11) is 0. The third-order valence-electron chi connectivity index (χ3n) is 3.56. The average Bonchev–Trinajstić information content (AvgIpc) is 3.13. The largest absolute Gasteiger partial charge is 0.395 e. The van der Waals surface area contributed by atoms with E-state index in [1.54, 1.807) is 10.7 Å². The SMILES string of the molecule is OCCN(c1ccc2ccccc2c1)c1nn2ccnc2s1. The number of benzene rings is 2. The fourth-order valence-electron chi connectivity index (χ4n) is 2.52. The lowest BCUT2D eigenvalue weighted by Crippen LogP contribution is -2.21. The van der Waals surface area contributed by atoms with Crippen LogP contribution in [0.3, 0.4) is 0 Å². The molecule has 0 saturated carbocycles. The predicted octanol–water partition coefficient (Wildman–Crippen LogP) is 3.07. The molecule has 2 heterocycles. The van der Waals surface area contributed by atoms with Gasteiger partial charge >= 0.3 is 0 Å². The molecule has 5 nitrogen and oxygen atoms in total. The van der Waals surface area contributed by atoms with Crippen LogP contribution < -0.4 is 4.90 Å². The molecule has 0 spiro atoms. The van der Waals surface area contributed by atoms with Crippen LogP contribution in [0, 0.1) is 0 Å². The summed E-state index contributed by atoms with van der Waals surface area (Å²) in [6.45, 7) is 0.559. The van der Waals surface area contributed by atoms with Crippen molar-refractivity contribution in [3.8, 4) is 0 Å². The van der Waals surface area contributed by atoms with Gasteiger partial charge in [0, 0.05) is 18.4 Å². The summed E-state index contributed by atoms with van der Waals surface area (Å²) >= 11 is 1.51. The molecule has 0 radical (unpaired) electrons. The molecule has 4 aromatic rings. The first kappa shape index (κ1) is 13.2. The van der Waals surface area contributed by atoms with Crippen molar-refractivity contribution in [3.63, 3.8) is 0 Å². The molecule has 0 amide bonds. The van der Waals surface area contributed by atoms with Crippen molar-refractivity contribution in [1.29, 1.82) is 0 Å². The van der Waals surface area contributed by atoms with E-state index in [9.17, 15) is 5.11 Å². The Bertz CT molecular complexity index is 901. The number of hydrogen-bond donors (Lipinski definition) is 1. The van der Waals surface area contributed by atoms with Gasteiger partial charge in [0.2, 0.25) is 10.1 Å². The number of anilines is 2. The van der Waals surface area contributed by atoms with Gasteiger partial charge in [0.1, 0.15) is 0 Å². The summed E-state index contributed by atoms with van der Waals surface area (Å²) in [4.78, 5) is 7.12. The van der Waals surface area contributed by atoms with Crippen molar-refractivity contribution >= 4 is 37.9 Å². The zero-order valence-electron chi connectivity index (χ0n) is 11.8. The minimum absolute atomic E-state index is 0.0642. The monoisotopic (exact) mass is 310 g/mol. The molecule has 2 aromatic heterocycles. The molecule has 0 unspecified atom stereocenters. The fraction of sp³-hybridized carbons (Fsp3) is 0.125. The van der Waals surface area contributed by atoms with Gasteiger partial charge in [-0.25, -0.2) is 9.50 Å². The molecular formula is C16H14N4OS. The third-order valence-corrected chi connectivity index (χ3v) is 4.52. The van der Waals surface area contributed by atoms with E-state index in [2.05, 4.69) is 40.4 Å². The number of hydrogen-bond acceptors (Lipinski definition) is 5. The fourth-order valence-corrected chi connectivity index (χ4v) is 3.42. The smallest absolute Gasteiger partial charge is 0.213 e. The van der Waals surface area contributed by atoms with E-state index < -0.39 is 0 Å². The van der Waals surface area contributed by atoms with Gasteiger partial charge in [0.15, 0.2) is 0 Å². The van der Waals surface area contributed by atoms with Crippen LogP contribution in [0.1, 0.15) is 0 Å². The molecule has 110 valence electrons. The first-order valence-electron chi connectivity index (χ1n) is 7.02. The summed E-state index contributed by atoms with van der Waals surface area (Å²) in [5.41, 5.74) is 1.02. The van der Waals surface area contributed by atoms with E-state index in [4.69, 9.17) is 0 Å². The predicted molar refractivity (Wildman–Crippen MR) is 88.9 cm³/mol. The zero-order valence-corrected chi connectivity index (χ0v) is 12.6. The topological polar surface area (TPSA) is 53.7 Å². The van der Waals surface area contributed by atoms with Crippen molar-refractivity contribution in [3.05, 3.63) is 54.9 Å². The lowest BCUT2D eigenvalue weighted by molar-refractivity contribution is 0.305. The molecule has 0 bridgehead atoms. The molecule has 0 aliphatic heterocycles. The second-order valence-corrected chi connectivity index (χ2v) is 5.88. The van der Waals surface area contributed by atoms with Gasteiger partial charge in [0.05, 0.1) is 12.8 Å². The lowest BCUT2D eigenvalue weighted by atomic mass is 10.1. The van der Waals surface area contributed by atoms with Crippen LogP contribution in [-0.4, -0.2) is 32.9 Å². The lowest BCUT2D eigenvalue weighted by Gasteiger charge is -2.20. The number of aliphatic hydroxyl groups excluding tert-OH is 1. The van der Waals surface area contributed by atoms with Crippen molar-refractivity contribution in [1.82, 2.24) is 14.6 Å². The second-order valence-electron chi connectivity index (χ2n) is 4.95. The second kappa shape index (κ2) is 5.40. The van der Waals surface area contributed by atoms with Gasteiger partial charge in [-0.15, -0.1) is 5.10 Å². The maximum Gasteiger partial charge on any atom is 0.213 e. The highest BCUT2D eigenvalue weighted by Gasteiger charge is 2.15. The minimum atomic E-state index is 0.0642. The molecule has 1 N–H and O–H groups in total. The molecule has 2 aromatic carbocycles. The first-order valence-corrected chi connectivity index (χ1v) is 7.84. The summed E-state index contributed by atoms with van der Waals surface area (Å²) in [5.74, 6) is 0.